The highest BCUT2D eigenvalue weighted by atomic mass is 32.1. The SMILES string of the molecule is O=C(Cc1csc(-c2ccccn2)n1)Nc1c(F)cc(F)cc1-c1ccccc1. The average Bonchev–Trinajstić information content (AvgIpc) is 3.19. The van der Waals surface area contributed by atoms with Crippen molar-refractivity contribution < 1.29 is 13.6 Å². The third kappa shape index (κ3) is 4.35. The molecule has 4 nitrogen and oxygen atoms in total. The summed E-state index contributed by atoms with van der Waals surface area (Å²) < 4.78 is 28.2. The molecule has 0 bridgehead atoms. The first-order valence-corrected chi connectivity index (χ1v) is 9.68. The lowest BCUT2D eigenvalue weighted by atomic mass is 10.0. The number of nitrogens with one attached hydrogen (secondary N) is 1. The van der Waals surface area contributed by atoms with Crippen LogP contribution in [0.1, 0.15) is 5.69 Å². The molecule has 1 amide bonds. The van der Waals surface area contributed by atoms with E-state index in [1.807, 2.05) is 18.2 Å². The Bertz CT molecular complexity index is 1150. The molecule has 29 heavy (non-hydrogen) atoms. The summed E-state index contributed by atoms with van der Waals surface area (Å²) in [4.78, 5) is 21.2. The zero-order valence-electron chi connectivity index (χ0n) is 15.1. The molecule has 4 aromatic rings. The van der Waals surface area contributed by atoms with Gasteiger partial charge in [0.1, 0.15) is 16.6 Å². The van der Waals surface area contributed by atoms with Gasteiger partial charge in [-0.3, -0.25) is 9.78 Å². The van der Waals surface area contributed by atoms with E-state index in [0.717, 1.165) is 11.8 Å². The lowest BCUT2D eigenvalue weighted by Crippen LogP contribution is -2.16. The Kier molecular flexibility index (Phi) is 5.39. The van der Waals surface area contributed by atoms with Crippen LogP contribution in [0.2, 0.25) is 0 Å². The summed E-state index contributed by atoms with van der Waals surface area (Å²) in [6, 6.07) is 16.2. The molecule has 144 valence electrons. The smallest absolute Gasteiger partial charge is 0.230 e. The number of hydrogen-bond donors (Lipinski definition) is 1. The molecular weight excluding hydrogens is 392 g/mol. The van der Waals surface area contributed by atoms with Crippen LogP contribution in [0, 0.1) is 11.6 Å². The third-order valence-electron chi connectivity index (χ3n) is 4.18. The summed E-state index contributed by atoms with van der Waals surface area (Å²) in [7, 11) is 0. The number of aromatic nitrogens is 2. The van der Waals surface area contributed by atoms with E-state index in [4.69, 9.17) is 0 Å². The molecule has 2 heterocycles. The van der Waals surface area contributed by atoms with Gasteiger partial charge in [0, 0.05) is 23.2 Å². The van der Waals surface area contributed by atoms with Gasteiger partial charge >= 0.3 is 0 Å². The summed E-state index contributed by atoms with van der Waals surface area (Å²) in [5.74, 6) is -1.98. The second-order valence-corrected chi connectivity index (χ2v) is 7.12. The first kappa shape index (κ1) is 18.9. The van der Waals surface area contributed by atoms with Crippen molar-refractivity contribution in [1.29, 1.82) is 0 Å². The summed E-state index contributed by atoms with van der Waals surface area (Å²) in [5.41, 5.74) is 2.11. The fraction of sp³-hybridized carbons (Fsp3) is 0.0455. The van der Waals surface area contributed by atoms with Crippen LogP contribution < -0.4 is 5.32 Å². The van der Waals surface area contributed by atoms with Crippen molar-refractivity contribution in [1.82, 2.24) is 9.97 Å². The maximum Gasteiger partial charge on any atom is 0.230 e. The first-order chi connectivity index (χ1) is 14.1. The zero-order valence-corrected chi connectivity index (χ0v) is 15.9. The highest BCUT2D eigenvalue weighted by Gasteiger charge is 2.17. The highest BCUT2D eigenvalue weighted by Crippen LogP contribution is 2.31. The van der Waals surface area contributed by atoms with E-state index >= 15 is 0 Å². The van der Waals surface area contributed by atoms with E-state index in [1.54, 1.807) is 41.9 Å². The Balaban J connectivity index is 1.56. The Hall–Kier alpha value is -3.45. The fourth-order valence-corrected chi connectivity index (χ4v) is 3.68. The lowest BCUT2D eigenvalue weighted by Gasteiger charge is -2.12. The number of thiazole rings is 1. The quantitative estimate of drug-likeness (QED) is 0.486. The van der Waals surface area contributed by atoms with Crippen LogP contribution >= 0.6 is 11.3 Å². The van der Waals surface area contributed by atoms with Gasteiger partial charge in [-0.2, -0.15) is 0 Å². The van der Waals surface area contributed by atoms with Crippen molar-refractivity contribution in [2.75, 3.05) is 5.32 Å². The van der Waals surface area contributed by atoms with Gasteiger partial charge in [0.05, 0.1) is 23.5 Å². The van der Waals surface area contributed by atoms with Crippen LogP contribution in [-0.2, 0) is 11.2 Å². The summed E-state index contributed by atoms with van der Waals surface area (Å²) in [5, 5.41) is 5.04. The molecule has 7 heteroatoms. The largest absolute Gasteiger partial charge is 0.323 e. The van der Waals surface area contributed by atoms with E-state index in [2.05, 4.69) is 15.3 Å². The molecule has 0 saturated heterocycles. The van der Waals surface area contributed by atoms with E-state index in [9.17, 15) is 13.6 Å². The van der Waals surface area contributed by atoms with Crippen LogP contribution in [0.5, 0.6) is 0 Å². The van der Waals surface area contributed by atoms with E-state index in [0.29, 0.717) is 16.3 Å². The van der Waals surface area contributed by atoms with Crippen molar-refractivity contribution in [3.8, 4) is 21.8 Å². The number of anilines is 1. The first-order valence-electron chi connectivity index (χ1n) is 8.80. The molecule has 0 aliphatic rings. The minimum absolute atomic E-state index is 0.0334. The monoisotopic (exact) mass is 407 g/mol. The summed E-state index contributed by atoms with van der Waals surface area (Å²) in [6.45, 7) is 0. The van der Waals surface area contributed by atoms with Gasteiger partial charge in [0.25, 0.3) is 0 Å². The van der Waals surface area contributed by atoms with Crippen molar-refractivity contribution in [2.24, 2.45) is 0 Å². The zero-order chi connectivity index (χ0) is 20.2. The van der Waals surface area contributed by atoms with E-state index < -0.39 is 17.5 Å². The van der Waals surface area contributed by atoms with Crippen molar-refractivity contribution in [2.45, 2.75) is 6.42 Å². The molecular formula is C22H15F2N3OS. The number of pyridine rings is 1. The van der Waals surface area contributed by atoms with Gasteiger partial charge in [0.2, 0.25) is 5.91 Å². The van der Waals surface area contributed by atoms with Gasteiger partial charge in [-0.15, -0.1) is 11.3 Å². The minimum atomic E-state index is -0.829. The maximum atomic E-state index is 14.4. The molecule has 0 radical (unpaired) electrons. The van der Waals surface area contributed by atoms with Gasteiger partial charge in [-0.25, -0.2) is 13.8 Å². The van der Waals surface area contributed by atoms with E-state index in [-0.39, 0.29) is 17.7 Å². The highest BCUT2D eigenvalue weighted by molar-refractivity contribution is 7.13. The average molecular weight is 407 g/mol. The molecule has 0 aliphatic heterocycles. The number of benzene rings is 2. The maximum absolute atomic E-state index is 14.4. The Morgan fingerprint density at radius 2 is 1.83 bits per heavy atom. The van der Waals surface area contributed by atoms with Crippen molar-refractivity contribution in [3.63, 3.8) is 0 Å². The van der Waals surface area contributed by atoms with E-state index in [1.165, 1.54) is 17.4 Å². The van der Waals surface area contributed by atoms with Crippen LogP contribution in [0.25, 0.3) is 21.8 Å². The Morgan fingerprint density at radius 1 is 1.03 bits per heavy atom. The molecule has 0 atom stereocenters. The molecule has 0 saturated carbocycles. The van der Waals surface area contributed by atoms with Crippen LogP contribution in [0.4, 0.5) is 14.5 Å². The van der Waals surface area contributed by atoms with Crippen molar-refractivity contribution in [3.05, 3.63) is 89.6 Å². The molecule has 0 spiro atoms. The lowest BCUT2D eigenvalue weighted by molar-refractivity contribution is -0.115. The normalized spacial score (nSPS) is 10.7. The Labute approximate surface area is 169 Å². The van der Waals surface area contributed by atoms with Gasteiger partial charge in [-0.1, -0.05) is 36.4 Å². The molecule has 4 rings (SSSR count). The summed E-state index contributed by atoms with van der Waals surface area (Å²) in [6.07, 6.45) is 1.64. The van der Waals surface area contributed by atoms with Gasteiger partial charge in [-0.05, 0) is 23.8 Å². The van der Waals surface area contributed by atoms with Crippen LogP contribution in [-0.4, -0.2) is 15.9 Å². The number of nitrogens with zero attached hydrogens (tertiary/aromatic N) is 2. The van der Waals surface area contributed by atoms with Crippen LogP contribution in [0.3, 0.4) is 0 Å². The number of rotatable bonds is 5. The standard InChI is InChI=1S/C22H15F2N3OS/c23-15-10-17(14-6-2-1-3-7-14)21(18(24)11-15)27-20(28)12-16-13-29-22(26-16)19-8-4-5-9-25-19/h1-11,13H,12H2,(H,27,28). The number of halogens is 2. The van der Waals surface area contributed by atoms with Gasteiger partial charge < -0.3 is 5.32 Å². The molecule has 0 aliphatic carbocycles. The van der Waals surface area contributed by atoms with Crippen LogP contribution in [0.15, 0.2) is 72.2 Å². The second-order valence-electron chi connectivity index (χ2n) is 6.26. The molecule has 0 fully saturated rings. The Morgan fingerprint density at radius 3 is 2.59 bits per heavy atom. The fourth-order valence-electron chi connectivity index (χ4n) is 2.89. The number of hydrogen-bond acceptors (Lipinski definition) is 4. The molecule has 0 unspecified atom stereocenters. The molecule has 1 N–H and O–H groups in total. The third-order valence-corrected chi connectivity index (χ3v) is 5.10. The molecule has 2 aromatic heterocycles. The molecule has 2 aromatic carbocycles. The van der Waals surface area contributed by atoms with Gasteiger partial charge in [0.15, 0.2) is 0 Å². The predicted octanol–water partition coefficient (Wildman–Crippen LogP) is 5.33. The predicted molar refractivity (Wildman–Crippen MR) is 109 cm³/mol. The summed E-state index contributed by atoms with van der Waals surface area (Å²) >= 11 is 1.38. The minimum Gasteiger partial charge on any atom is -0.323 e. The topological polar surface area (TPSA) is 54.9 Å². The van der Waals surface area contributed by atoms with Crippen molar-refractivity contribution >= 4 is 22.9 Å². The number of carbonyl (C=O) groups excluding carboxylic acids is 1. The second kappa shape index (κ2) is 8.28. The number of amides is 1. The number of carbonyl (C=O) groups is 1.